The molecule has 1 fully saturated rings. The third-order valence-electron chi connectivity index (χ3n) is 5.07. The summed E-state index contributed by atoms with van der Waals surface area (Å²) < 4.78 is 5.30. The van der Waals surface area contributed by atoms with Gasteiger partial charge in [0.2, 0.25) is 5.91 Å². The Labute approximate surface area is 177 Å². The Balaban J connectivity index is 2.12. The normalized spacial score (nSPS) is 16.9. The average Bonchev–Trinajstić information content (AvgIpc) is 2.66. The molecule has 2 unspecified atom stereocenters. The number of amides is 2. The monoisotopic (exact) mass is 420 g/mol. The summed E-state index contributed by atoms with van der Waals surface area (Å²) in [5.41, 5.74) is -0.0463. The fourth-order valence-corrected chi connectivity index (χ4v) is 3.63. The van der Waals surface area contributed by atoms with Crippen LogP contribution >= 0.6 is 0 Å². The summed E-state index contributed by atoms with van der Waals surface area (Å²) >= 11 is 0. The largest absolute Gasteiger partial charge is 0.508 e. The molecule has 8 heteroatoms. The Morgan fingerprint density at radius 2 is 1.67 bits per heavy atom. The Hall–Kier alpha value is -2.77. The second-order valence-electron chi connectivity index (χ2n) is 8.79. The van der Waals surface area contributed by atoms with Crippen molar-refractivity contribution < 1.29 is 29.3 Å². The van der Waals surface area contributed by atoms with E-state index in [4.69, 9.17) is 4.74 Å². The molecule has 1 saturated carbocycles. The van der Waals surface area contributed by atoms with Gasteiger partial charge in [-0.05, 0) is 57.2 Å². The van der Waals surface area contributed by atoms with Crippen LogP contribution in [0, 0.1) is 5.92 Å². The van der Waals surface area contributed by atoms with Crippen LogP contribution in [0.15, 0.2) is 24.3 Å². The van der Waals surface area contributed by atoms with Crippen LogP contribution in [0.5, 0.6) is 5.75 Å². The van der Waals surface area contributed by atoms with Crippen LogP contribution in [0.1, 0.15) is 58.4 Å². The first-order valence-corrected chi connectivity index (χ1v) is 10.4. The zero-order chi connectivity index (χ0) is 22.3. The molecule has 30 heavy (non-hydrogen) atoms. The predicted octanol–water partition coefficient (Wildman–Crippen LogP) is 2.98. The Morgan fingerprint density at radius 1 is 1.07 bits per heavy atom. The van der Waals surface area contributed by atoms with E-state index in [1.807, 2.05) is 0 Å². The Kier molecular flexibility index (Phi) is 8.08. The number of hydrogen-bond donors (Lipinski definition) is 4. The molecule has 1 aromatic rings. The summed E-state index contributed by atoms with van der Waals surface area (Å²) in [6.07, 6.45) is 3.92. The molecule has 2 amide bonds. The maximum atomic E-state index is 13.0. The number of carboxylic acid groups (broad SMARTS) is 1. The van der Waals surface area contributed by atoms with Crippen LogP contribution in [-0.2, 0) is 20.7 Å². The lowest BCUT2D eigenvalue weighted by Gasteiger charge is -2.31. The van der Waals surface area contributed by atoms with E-state index >= 15 is 0 Å². The van der Waals surface area contributed by atoms with Crippen molar-refractivity contribution in [2.45, 2.75) is 77.0 Å². The van der Waals surface area contributed by atoms with Crippen molar-refractivity contribution in [3.8, 4) is 5.75 Å². The molecule has 0 spiro atoms. The van der Waals surface area contributed by atoms with Crippen molar-refractivity contribution in [1.82, 2.24) is 10.6 Å². The van der Waals surface area contributed by atoms with E-state index in [-0.39, 0.29) is 18.1 Å². The number of ether oxygens (including phenoxy) is 1. The van der Waals surface area contributed by atoms with Gasteiger partial charge in [-0.25, -0.2) is 9.59 Å². The molecule has 1 aliphatic rings. The molecular weight excluding hydrogens is 388 g/mol. The number of carboxylic acids is 1. The summed E-state index contributed by atoms with van der Waals surface area (Å²) in [5, 5.41) is 24.2. The van der Waals surface area contributed by atoms with E-state index < -0.39 is 35.7 Å². The van der Waals surface area contributed by atoms with Crippen LogP contribution in [0.2, 0.25) is 0 Å². The maximum absolute atomic E-state index is 13.0. The van der Waals surface area contributed by atoms with Gasteiger partial charge < -0.3 is 25.6 Å². The summed E-state index contributed by atoms with van der Waals surface area (Å²) in [6, 6.07) is 4.12. The van der Waals surface area contributed by atoms with Gasteiger partial charge >= 0.3 is 12.1 Å². The molecule has 0 bridgehead atoms. The van der Waals surface area contributed by atoms with Crippen molar-refractivity contribution in [2.24, 2.45) is 5.92 Å². The zero-order valence-corrected chi connectivity index (χ0v) is 17.8. The topological polar surface area (TPSA) is 125 Å². The minimum Gasteiger partial charge on any atom is -0.508 e. The van der Waals surface area contributed by atoms with Gasteiger partial charge in [-0.1, -0.05) is 31.4 Å². The highest BCUT2D eigenvalue weighted by atomic mass is 16.6. The lowest BCUT2D eigenvalue weighted by molar-refractivity contribution is -0.142. The zero-order valence-electron chi connectivity index (χ0n) is 17.8. The van der Waals surface area contributed by atoms with Gasteiger partial charge in [0.1, 0.15) is 23.4 Å². The van der Waals surface area contributed by atoms with Crippen molar-refractivity contribution in [3.05, 3.63) is 29.8 Å². The van der Waals surface area contributed by atoms with Gasteiger partial charge in [0.25, 0.3) is 0 Å². The van der Waals surface area contributed by atoms with E-state index in [2.05, 4.69) is 10.6 Å². The van der Waals surface area contributed by atoms with Gasteiger partial charge in [0.05, 0.1) is 0 Å². The summed E-state index contributed by atoms with van der Waals surface area (Å²) in [5.74, 6) is -1.70. The fourth-order valence-electron chi connectivity index (χ4n) is 3.63. The van der Waals surface area contributed by atoms with Crippen LogP contribution in [0.25, 0.3) is 0 Å². The molecule has 0 radical (unpaired) electrons. The number of nitrogens with one attached hydrogen (secondary N) is 2. The van der Waals surface area contributed by atoms with E-state index in [1.165, 1.54) is 12.1 Å². The number of aliphatic carboxylic acids is 1. The van der Waals surface area contributed by atoms with Gasteiger partial charge in [-0.3, -0.25) is 4.79 Å². The van der Waals surface area contributed by atoms with Gasteiger partial charge in [0.15, 0.2) is 0 Å². The molecule has 0 aromatic heterocycles. The first-order valence-electron chi connectivity index (χ1n) is 10.4. The third-order valence-corrected chi connectivity index (χ3v) is 5.07. The van der Waals surface area contributed by atoms with E-state index in [0.717, 1.165) is 32.1 Å². The highest BCUT2D eigenvalue weighted by Gasteiger charge is 2.34. The first kappa shape index (κ1) is 23.5. The minimum atomic E-state index is -1.17. The number of alkyl carbamates (subject to hydrolysis) is 1. The second-order valence-corrected chi connectivity index (χ2v) is 8.79. The molecule has 166 valence electrons. The lowest BCUT2D eigenvalue weighted by atomic mass is 9.83. The summed E-state index contributed by atoms with van der Waals surface area (Å²) in [4.78, 5) is 37.1. The number of aromatic hydroxyl groups is 1. The lowest BCUT2D eigenvalue weighted by Crippen LogP contribution is -2.55. The number of phenols is 1. The predicted molar refractivity (Wildman–Crippen MR) is 111 cm³/mol. The van der Waals surface area contributed by atoms with E-state index in [0.29, 0.717) is 5.56 Å². The third kappa shape index (κ3) is 7.57. The molecule has 0 heterocycles. The fraction of sp³-hybridized carbons (Fsp3) is 0.591. The van der Waals surface area contributed by atoms with E-state index in [9.17, 15) is 24.6 Å². The molecule has 1 aromatic carbocycles. The SMILES string of the molecule is CC(C)(C)OC(=O)NC(C(=O)NC(Cc1ccc(O)cc1)C(=O)O)C1CCCCC1. The molecule has 4 N–H and O–H groups in total. The second kappa shape index (κ2) is 10.3. The number of carbonyl (C=O) groups is 3. The Bertz CT molecular complexity index is 735. The highest BCUT2D eigenvalue weighted by molar-refractivity contribution is 5.89. The van der Waals surface area contributed by atoms with Crippen molar-refractivity contribution in [2.75, 3.05) is 0 Å². The van der Waals surface area contributed by atoms with Crippen LogP contribution in [-0.4, -0.2) is 45.9 Å². The first-order chi connectivity index (χ1) is 14.0. The standard InChI is InChI=1S/C22H32N2O6/c1-22(2,3)30-21(29)24-18(15-7-5-4-6-8-15)19(26)23-17(20(27)28)13-14-9-11-16(25)12-10-14/h9-12,15,17-18,25H,4-8,13H2,1-3H3,(H,23,26)(H,24,29)(H,27,28). The number of phenolic OH excluding ortho intramolecular Hbond substituents is 1. The summed E-state index contributed by atoms with van der Waals surface area (Å²) in [6.45, 7) is 5.21. The number of benzene rings is 1. The van der Waals surface area contributed by atoms with Crippen LogP contribution in [0.4, 0.5) is 4.79 Å². The van der Waals surface area contributed by atoms with Crippen molar-refractivity contribution >= 4 is 18.0 Å². The van der Waals surface area contributed by atoms with Gasteiger partial charge in [0, 0.05) is 6.42 Å². The molecule has 2 rings (SSSR count). The van der Waals surface area contributed by atoms with Gasteiger partial charge in [-0.2, -0.15) is 0 Å². The molecule has 0 aliphatic heterocycles. The van der Waals surface area contributed by atoms with Crippen LogP contribution < -0.4 is 10.6 Å². The minimum absolute atomic E-state index is 0.0607. The van der Waals surface area contributed by atoms with Crippen molar-refractivity contribution in [3.63, 3.8) is 0 Å². The molecule has 1 aliphatic carbocycles. The molecule has 2 atom stereocenters. The van der Waals surface area contributed by atoms with E-state index in [1.54, 1.807) is 32.9 Å². The average molecular weight is 421 g/mol. The smallest absolute Gasteiger partial charge is 0.408 e. The maximum Gasteiger partial charge on any atom is 0.408 e. The van der Waals surface area contributed by atoms with Crippen LogP contribution in [0.3, 0.4) is 0 Å². The summed E-state index contributed by atoms with van der Waals surface area (Å²) in [7, 11) is 0. The highest BCUT2D eigenvalue weighted by Crippen LogP contribution is 2.27. The number of hydrogen-bond acceptors (Lipinski definition) is 5. The molecule has 8 nitrogen and oxygen atoms in total. The van der Waals surface area contributed by atoms with Crippen molar-refractivity contribution in [1.29, 1.82) is 0 Å². The Morgan fingerprint density at radius 3 is 2.20 bits per heavy atom. The van der Waals surface area contributed by atoms with Gasteiger partial charge in [-0.15, -0.1) is 0 Å². The molecule has 0 saturated heterocycles. The number of rotatable bonds is 7. The number of carbonyl (C=O) groups excluding carboxylic acids is 2. The quantitative estimate of drug-likeness (QED) is 0.537. The molecular formula is C22H32N2O6.